The van der Waals surface area contributed by atoms with Crippen LogP contribution in [0.2, 0.25) is 0 Å². The third-order valence-electron chi connectivity index (χ3n) is 5.64. The van der Waals surface area contributed by atoms with Gasteiger partial charge in [-0.15, -0.1) is 0 Å². The second kappa shape index (κ2) is 11.8. The number of hydrogen-bond acceptors (Lipinski definition) is 4. The maximum atomic E-state index is 13.5. The molecule has 0 aromatic heterocycles. The van der Waals surface area contributed by atoms with Crippen molar-refractivity contribution in [3.63, 3.8) is 0 Å². The molecule has 33 heavy (non-hydrogen) atoms. The van der Waals surface area contributed by atoms with E-state index in [0.717, 1.165) is 33.7 Å². The third-order valence-corrected chi connectivity index (χ3v) is 6.77. The maximum Gasteiger partial charge on any atom is 0.244 e. The Morgan fingerprint density at radius 1 is 1.00 bits per heavy atom. The summed E-state index contributed by atoms with van der Waals surface area (Å²) in [7, 11) is -3.74. The Labute approximate surface area is 197 Å². The van der Waals surface area contributed by atoms with Crippen LogP contribution >= 0.6 is 0 Å². The Morgan fingerprint density at radius 3 is 2.18 bits per heavy atom. The molecule has 0 aliphatic heterocycles. The van der Waals surface area contributed by atoms with E-state index in [0.29, 0.717) is 18.7 Å². The number of carbonyl (C=O) groups is 2. The number of hydrogen-bond donors (Lipinski definition) is 1. The SMILES string of the molecule is CCCNC(=O)[C@H](C)N(Cc1ccccc1C)C(=O)CN(c1ccccc1CC)S(C)(=O)=O. The summed E-state index contributed by atoms with van der Waals surface area (Å²) in [6.45, 7) is 7.84. The van der Waals surface area contributed by atoms with E-state index < -0.39 is 22.0 Å². The van der Waals surface area contributed by atoms with Crippen LogP contribution in [0.3, 0.4) is 0 Å². The van der Waals surface area contributed by atoms with Gasteiger partial charge in [0.05, 0.1) is 11.9 Å². The van der Waals surface area contributed by atoms with Crippen molar-refractivity contribution in [1.29, 1.82) is 0 Å². The summed E-state index contributed by atoms with van der Waals surface area (Å²) in [5, 5.41) is 2.84. The molecule has 0 aliphatic rings. The maximum absolute atomic E-state index is 13.5. The topological polar surface area (TPSA) is 86.8 Å². The van der Waals surface area contributed by atoms with Crippen LogP contribution in [0.1, 0.15) is 43.9 Å². The molecule has 0 fully saturated rings. The molecule has 2 rings (SSSR count). The molecule has 0 bridgehead atoms. The number of nitrogens with zero attached hydrogens (tertiary/aromatic N) is 2. The van der Waals surface area contributed by atoms with E-state index in [4.69, 9.17) is 0 Å². The number of carbonyl (C=O) groups excluding carboxylic acids is 2. The van der Waals surface area contributed by atoms with Gasteiger partial charge in [0, 0.05) is 13.1 Å². The molecule has 7 nitrogen and oxygen atoms in total. The van der Waals surface area contributed by atoms with Gasteiger partial charge in [-0.2, -0.15) is 0 Å². The van der Waals surface area contributed by atoms with Crippen molar-refractivity contribution in [3.05, 3.63) is 65.2 Å². The largest absolute Gasteiger partial charge is 0.354 e. The zero-order valence-electron chi connectivity index (χ0n) is 20.2. The van der Waals surface area contributed by atoms with Gasteiger partial charge in [0.25, 0.3) is 0 Å². The zero-order valence-corrected chi connectivity index (χ0v) is 21.0. The minimum atomic E-state index is -3.74. The van der Waals surface area contributed by atoms with Crippen molar-refractivity contribution in [2.24, 2.45) is 0 Å². The van der Waals surface area contributed by atoms with Gasteiger partial charge in [0.1, 0.15) is 12.6 Å². The van der Waals surface area contributed by atoms with Crippen molar-refractivity contribution in [3.8, 4) is 0 Å². The lowest BCUT2D eigenvalue weighted by molar-refractivity contribution is -0.139. The Balaban J connectivity index is 2.42. The molecule has 2 aromatic rings. The van der Waals surface area contributed by atoms with Gasteiger partial charge in [0.2, 0.25) is 21.8 Å². The lowest BCUT2D eigenvalue weighted by atomic mass is 10.1. The number of rotatable bonds is 11. The van der Waals surface area contributed by atoms with Crippen molar-refractivity contribution in [2.75, 3.05) is 23.7 Å². The highest BCUT2D eigenvalue weighted by Crippen LogP contribution is 2.24. The van der Waals surface area contributed by atoms with Crippen LogP contribution in [-0.2, 0) is 32.6 Å². The smallest absolute Gasteiger partial charge is 0.244 e. The summed E-state index contributed by atoms with van der Waals surface area (Å²) in [6.07, 6.45) is 2.49. The first-order valence-corrected chi connectivity index (χ1v) is 13.1. The van der Waals surface area contributed by atoms with Gasteiger partial charge < -0.3 is 10.2 Å². The Hall–Kier alpha value is -2.87. The summed E-state index contributed by atoms with van der Waals surface area (Å²) in [5.74, 6) is -0.701. The van der Waals surface area contributed by atoms with E-state index >= 15 is 0 Å². The van der Waals surface area contributed by atoms with Crippen LogP contribution in [0.4, 0.5) is 5.69 Å². The average molecular weight is 474 g/mol. The van der Waals surface area contributed by atoms with Crippen molar-refractivity contribution in [2.45, 2.75) is 53.1 Å². The van der Waals surface area contributed by atoms with Gasteiger partial charge in [0.15, 0.2) is 0 Å². The Morgan fingerprint density at radius 2 is 1.61 bits per heavy atom. The van der Waals surface area contributed by atoms with Crippen LogP contribution < -0.4 is 9.62 Å². The number of benzene rings is 2. The lowest BCUT2D eigenvalue weighted by Gasteiger charge is -2.32. The minimum Gasteiger partial charge on any atom is -0.354 e. The summed E-state index contributed by atoms with van der Waals surface area (Å²) in [4.78, 5) is 27.7. The Kier molecular flexibility index (Phi) is 9.46. The number of nitrogens with one attached hydrogen (secondary N) is 1. The van der Waals surface area contributed by atoms with Gasteiger partial charge in [-0.1, -0.05) is 56.3 Å². The number of anilines is 1. The normalized spacial score (nSPS) is 12.2. The summed E-state index contributed by atoms with van der Waals surface area (Å²) in [6, 6.07) is 14.0. The van der Waals surface area contributed by atoms with Crippen molar-refractivity contribution < 1.29 is 18.0 Å². The summed E-state index contributed by atoms with van der Waals surface area (Å²) >= 11 is 0. The van der Waals surface area contributed by atoms with E-state index in [-0.39, 0.29) is 19.0 Å². The highest BCUT2D eigenvalue weighted by Gasteiger charge is 2.30. The monoisotopic (exact) mass is 473 g/mol. The molecule has 0 radical (unpaired) electrons. The predicted molar refractivity (Wildman–Crippen MR) is 133 cm³/mol. The summed E-state index contributed by atoms with van der Waals surface area (Å²) in [5.41, 5.74) is 3.21. The highest BCUT2D eigenvalue weighted by molar-refractivity contribution is 7.92. The van der Waals surface area contributed by atoms with Crippen molar-refractivity contribution >= 4 is 27.5 Å². The predicted octanol–water partition coefficient (Wildman–Crippen LogP) is 3.27. The molecule has 1 N–H and O–H groups in total. The molecule has 0 aliphatic carbocycles. The second-order valence-electron chi connectivity index (χ2n) is 8.17. The van der Waals surface area contributed by atoms with Crippen LogP contribution in [0.25, 0.3) is 0 Å². The molecule has 180 valence electrons. The number of aryl methyl sites for hydroxylation is 2. The molecule has 2 amide bonds. The minimum absolute atomic E-state index is 0.208. The molecule has 8 heteroatoms. The van der Waals surface area contributed by atoms with E-state index in [1.54, 1.807) is 19.1 Å². The first-order chi connectivity index (χ1) is 15.6. The second-order valence-corrected chi connectivity index (χ2v) is 10.1. The van der Waals surface area contributed by atoms with Crippen LogP contribution in [0, 0.1) is 6.92 Å². The third kappa shape index (κ3) is 7.05. The van der Waals surface area contributed by atoms with Crippen LogP contribution in [-0.4, -0.2) is 50.5 Å². The number of para-hydroxylation sites is 1. The number of sulfonamides is 1. The molecule has 2 aromatic carbocycles. The fourth-order valence-electron chi connectivity index (χ4n) is 3.60. The highest BCUT2D eigenvalue weighted by atomic mass is 32.2. The molecule has 0 saturated carbocycles. The van der Waals surface area contributed by atoms with E-state index in [1.165, 1.54) is 4.90 Å². The Bertz CT molecular complexity index is 1070. The van der Waals surface area contributed by atoms with Gasteiger partial charge in [-0.05, 0) is 49.4 Å². The van der Waals surface area contributed by atoms with Gasteiger partial charge in [-0.3, -0.25) is 13.9 Å². The molecular formula is C25H35N3O4S. The molecule has 0 saturated heterocycles. The zero-order chi connectivity index (χ0) is 24.6. The quantitative estimate of drug-likeness (QED) is 0.543. The summed E-state index contributed by atoms with van der Waals surface area (Å²) < 4.78 is 26.5. The van der Waals surface area contributed by atoms with Gasteiger partial charge >= 0.3 is 0 Å². The van der Waals surface area contributed by atoms with Crippen molar-refractivity contribution in [1.82, 2.24) is 10.2 Å². The van der Waals surface area contributed by atoms with E-state index in [9.17, 15) is 18.0 Å². The molecule has 1 atom stereocenters. The fourth-order valence-corrected chi connectivity index (χ4v) is 4.48. The van der Waals surface area contributed by atoms with Crippen LogP contribution in [0.5, 0.6) is 0 Å². The standard InChI is InChI=1S/C25H35N3O4S/c1-6-16-26-25(30)20(4)27(17-22-14-9-8-12-19(22)3)24(29)18-28(33(5,31)32)23-15-11-10-13-21(23)7-2/h8-15,20H,6-7,16-18H2,1-5H3,(H,26,30)/t20-/m0/s1. The molecular weight excluding hydrogens is 438 g/mol. The first-order valence-electron chi connectivity index (χ1n) is 11.3. The molecule has 0 unspecified atom stereocenters. The lowest BCUT2D eigenvalue weighted by Crippen LogP contribution is -2.51. The molecule has 0 spiro atoms. The first kappa shape index (κ1) is 26.4. The number of amides is 2. The fraction of sp³-hybridized carbons (Fsp3) is 0.440. The average Bonchev–Trinajstić information content (AvgIpc) is 2.79. The molecule has 0 heterocycles. The van der Waals surface area contributed by atoms with E-state index in [1.807, 2.05) is 57.2 Å². The van der Waals surface area contributed by atoms with E-state index in [2.05, 4.69) is 5.32 Å². The van der Waals surface area contributed by atoms with Crippen LogP contribution in [0.15, 0.2) is 48.5 Å². The van der Waals surface area contributed by atoms with Gasteiger partial charge in [-0.25, -0.2) is 8.42 Å².